The zero-order valence-corrected chi connectivity index (χ0v) is 10.0. The number of rotatable bonds is 2. The maximum Gasteiger partial charge on any atom is 0.251 e. The van der Waals surface area contributed by atoms with E-state index in [2.05, 4.69) is 5.32 Å². The summed E-state index contributed by atoms with van der Waals surface area (Å²) in [6.07, 6.45) is -0.815. The third-order valence-corrected chi connectivity index (χ3v) is 3.98. The molecule has 2 heterocycles. The number of likely N-dealkylation sites (tertiary alicyclic amines) is 1. The molecule has 5 nitrogen and oxygen atoms in total. The highest BCUT2D eigenvalue weighted by atomic mass is 16.3. The number of amides is 2. The minimum atomic E-state index is -1.04. The van der Waals surface area contributed by atoms with Crippen molar-refractivity contribution in [3.63, 3.8) is 0 Å². The molecular weight excluding hydrogens is 208 g/mol. The highest BCUT2D eigenvalue weighted by Crippen LogP contribution is 2.43. The Hall–Kier alpha value is -1.10. The molecule has 4 atom stereocenters. The Balaban J connectivity index is 2.43. The molecule has 2 aliphatic rings. The molecule has 1 unspecified atom stereocenters. The van der Waals surface area contributed by atoms with Crippen molar-refractivity contribution in [1.82, 2.24) is 10.2 Å². The standard InChI is InChI=1S/C11H18N2O3/c1-5(2)8(14)11-7(12-10(11)16)6(3)9(15)13(11)4/h5-8,14H,1-4H3,(H,12,16)/t6?,7-,8-,11-/m0/s1. The molecule has 2 amide bonds. The first-order chi connectivity index (χ1) is 7.35. The second-order valence-corrected chi connectivity index (χ2v) is 5.15. The summed E-state index contributed by atoms with van der Waals surface area (Å²) in [5.74, 6) is -0.632. The van der Waals surface area contributed by atoms with Crippen molar-refractivity contribution in [3.8, 4) is 0 Å². The summed E-state index contributed by atoms with van der Waals surface area (Å²) in [7, 11) is 1.60. The molecular formula is C11H18N2O3. The van der Waals surface area contributed by atoms with Crippen LogP contribution in [0.2, 0.25) is 0 Å². The van der Waals surface area contributed by atoms with E-state index in [1.165, 1.54) is 4.90 Å². The lowest BCUT2D eigenvalue weighted by Crippen LogP contribution is -2.80. The van der Waals surface area contributed by atoms with Crippen LogP contribution in [-0.2, 0) is 9.59 Å². The molecule has 90 valence electrons. The zero-order chi connectivity index (χ0) is 12.2. The maximum absolute atomic E-state index is 11.9. The quantitative estimate of drug-likeness (QED) is 0.615. The van der Waals surface area contributed by atoms with E-state index in [9.17, 15) is 14.7 Å². The van der Waals surface area contributed by atoms with E-state index in [4.69, 9.17) is 0 Å². The van der Waals surface area contributed by atoms with Gasteiger partial charge in [-0.1, -0.05) is 20.8 Å². The van der Waals surface area contributed by atoms with Crippen molar-refractivity contribution in [3.05, 3.63) is 0 Å². The van der Waals surface area contributed by atoms with E-state index in [-0.39, 0.29) is 29.7 Å². The van der Waals surface area contributed by atoms with Gasteiger partial charge in [-0.15, -0.1) is 0 Å². The van der Waals surface area contributed by atoms with Gasteiger partial charge in [-0.3, -0.25) is 9.59 Å². The van der Waals surface area contributed by atoms with Crippen LogP contribution in [-0.4, -0.2) is 46.6 Å². The number of aliphatic hydroxyl groups excluding tert-OH is 1. The number of fused-ring (bicyclic) bond motifs is 1. The number of carbonyl (C=O) groups excluding carboxylic acids is 2. The summed E-state index contributed by atoms with van der Waals surface area (Å²) in [5.41, 5.74) is -1.04. The first kappa shape index (κ1) is 11.4. The molecule has 0 aliphatic carbocycles. The van der Waals surface area contributed by atoms with Gasteiger partial charge in [-0.25, -0.2) is 0 Å². The Labute approximate surface area is 94.8 Å². The summed E-state index contributed by atoms with van der Waals surface area (Å²) in [6.45, 7) is 5.49. The Morgan fingerprint density at radius 3 is 2.38 bits per heavy atom. The van der Waals surface area contributed by atoms with E-state index in [0.29, 0.717) is 0 Å². The van der Waals surface area contributed by atoms with Gasteiger partial charge in [-0.05, 0) is 5.92 Å². The molecule has 0 aromatic carbocycles. The number of likely N-dealkylation sites (N-methyl/N-ethyl adjacent to an activating group) is 1. The van der Waals surface area contributed by atoms with Crippen LogP contribution in [0.15, 0.2) is 0 Å². The molecule has 2 aliphatic heterocycles. The van der Waals surface area contributed by atoms with Crippen molar-refractivity contribution < 1.29 is 14.7 Å². The second kappa shape index (κ2) is 3.20. The van der Waals surface area contributed by atoms with Gasteiger partial charge in [0.25, 0.3) is 5.91 Å². The number of nitrogens with zero attached hydrogens (tertiary/aromatic N) is 1. The predicted octanol–water partition coefficient (Wildman–Crippen LogP) is -0.651. The highest BCUT2D eigenvalue weighted by Gasteiger charge is 2.70. The van der Waals surface area contributed by atoms with Crippen molar-refractivity contribution in [2.24, 2.45) is 11.8 Å². The summed E-state index contributed by atoms with van der Waals surface area (Å²) in [6, 6.07) is -0.255. The maximum atomic E-state index is 11.9. The van der Waals surface area contributed by atoms with Crippen molar-refractivity contribution in [2.45, 2.75) is 38.5 Å². The fraction of sp³-hybridized carbons (Fsp3) is 0.818. The van der Waals surface area contributed by atoms with Gasteiger partial charge in [0.1, 0.15) is 0 Å². The van der Waals surface area contributed by atoms with Crippen LogP contribution >= 0.6 is 0 Å². The Kier molecular flexibility index (Phi) is 2.28. The van der Waals surface area contributed by atoms with Crippen LogP contribution < -0.4 is 5.32 Å². The minimum absolute atomic E-state index is 0.0610. The smallest absolute Gasteiger partial charge is 0.251 e. The molecule has 0 aromatic heterocycles. The number of nitrogens with one attached hydrogen (secondary N) is 1. The summed E-state index contributed by atoms with van der Waals surface area (Å²) in [5, 5.41) is 13.0. The lowest BCUT2D eigenvalue weighted by Gasteiger charge is -2.51. The summed E-state index contributed by atoms with van der Waals surface area (Å²) in [4.78, 5) is 25.1. The van der Waals surface area contributed by atoms with Crippen molar-refractivity contribution in [2.75, 3.05) is 7.05 Å². The van der Waals surface area contributed by atoms with Gasteiger partial charge in [0.05, 0.1) is 18.1 Å². The van der Waals surface area contributed by atoms with Gasteiger partial charge in [0.2, 0.25) is 5.91 Å². The summed E-state index contributed by atoms with van der Waals surface area (Å²) >= 11 is 0. The molecule has 2 saturated heterocycles. The fourth-order valence-electron chi connectivity index (χ4n) is 2.95. The number of hydrogen-bond donors (Lipinski definition) is 2. The van der Waals surface area contributed by atoms with Crippen LogP contribution in [0.5, 0.6) is 0 Å². The summed E-state index contributed by atoms with van der Waals surface area (Å²) < 4.78 is 0. The van der Waals surface area contributed by atoms with Crippen molar-refractivity contribution >= 4 is 11.8 Å². The first-order valence-electron chi connectivity index (χ1n) is 5.61. The second-order valence-electron chi connectivity index (χ2n) is 5.15. The van der Waals surface area contributed by atoms with Crippen LogP contribution in [0.25, 0.3) is 0 Å². The SMILES string of the molecule is CC(C)[C@H](O)[C@]12C(=O)N[C@H]1C(C)C(=O)N2C. The molecule has 0 aromatic rings. The third kappa shape index (κ3) is 0.993. The van der Waals surface area contributed by atoms with Crippen LogP contribution in [0, 0.1) is 11.8 Å². The van der Waals surface area contributed by atoms with E-state index < -0.39 is 11.6 Å². The molecule has 0 bridgehead atoms. The average Bonchev–Trinajstić information content (AvgIpc) is 2.36. The third-order valence-electron chi connectivity index (χ3n) is 3.98. The fourth-order valence-corrected chi connectivity index (χ4v) is 2.95. The van der Waals surface area contributed by atoms with E-state index >= 15 is 0 Å². The number of aliphatic hydroxyl groups is 1. The van der Waals surface area contributed by atoms with Gasteiger partial charge in [0.15, 0.2) is 5.54 Å². The van der Waals surface area contributed by atoms with E-state index in [1.54, 1.807) is 14.0 Å². The average molecular weight is 226 g/mol. The Morgan fingerprint density at radius 2 is 2.00 bits per heavy atom. The van der Waals surface area contributed by atoms with E-state index in [0.717, 1.165) is 0 Å². The predicted molar refractivity (Wildman–Crippen MR) is 57.4 cm³/mol. The highest BCUT2D eigenvalue weighted by molar-refractivity contribution is 6.04. The molecule has 2 N–H and O–H groups in total. The van der Waals surface area contributed by atoms with Gasteiger partial charge < -0.3 is 15.3 Å². The van der Waals surface area contributed by atoms with Crippen LogP contribution in [0.4, 0.5) is 0 Å². The molecule has 5 heteroatoms. The molecule has 2 rings (SSSR count). The van der Waals surface area contributed by atoms with E-state index in [1.807, 2.05) is 13.8 Å². The van der Waals surface area contributed by atoms with Crippen LogP contribution in [0.3, 0.4) is 0 Å². The zero-order valence-electron chi connectivity index (χ0n) is 10.0. The van der Waals surface area contributed by atoms with Gasteiger partial charge in [-0.2, -0.15) is 0 Å². The van der Waals surface area contributed by atoms with Gasteiger partial charge in [0, 0.05) is 7.05 Å². The molecule has 0 saturated carbocycles. The molecule has 2 fully saturated rings. The number of hydrogen-bond acceptors (Lipinski definition) is 3. The normalized spacial score (nSPS) is 39.5. The lowest BCUT2D eigenvalue weighted by molar-refractivity contribution is -0.162. The van der Waals surface area contributed by atoms with Crippen molar-refractivity contribution in [1.29, 1.82) is 0 Å². The van der Waals surface area contributed by atoms with Crippen LogP contribution in [0.1, 0.15) is 20.8 Å². The minimum Gasteiger partial charge on any atom is -0.390 e. The van der Waals surface area contributed by atoms with Gasteiger partial charge >= 0.3 is 0 Å². The molecule has 0 spiro atoms. The molecule has 0 radical (unpaired) electrons. The first-order valence-corrected chi connectivity index (χ1v) is 5.61. The monoisotopic (exact) mass is 226 g/mol. The Bertz CT molecular complexity index is 355. The largest absolute Gasteiger partial charge is 0.390 e. The molecule has 16 heavy (non-hydrogen) atoms. The topological polar surface area (TPSA) is 69.6 Å². The Morgan fingerprint density at radius 1 is 1.44 bits per heavy atom. The number of β-lactam (4-membered cyclic amide) rings is 1. The lowest BCUT2D eigenvalue weighted by atomic mass is 9.71. The number of carbonyl (C=O) groups is 2.